The Morgan fingerprint density at radius 2 is 1.62 bits per heavy atom. The van der Waals surface area contributed by atoms with E-state index in [9.17, 15) is 9.59 Å². The molecular weight excluding hydrogens is 428 g/mol. The van der Waals surface area contributed by atoms with Gasteiger partial charge in [0.15, 0.2) is 0 Å². The highest BCUT2D eigenvalue weighted by molar-refractivity contribution is 5.89. The van der Waals surface area contributed by atoms with E-state index in [0.29, 0.717) is 32.8 Å². The van der Waals surface area contributed by atoms with Crippen LogP contribution in [0.3, 0.4) is 0 Å². The van der Waals surface area contributed by atoms with Crippen LogP contribution in [0.1, 0.15) is 28.7 Å². The number of rotatable bonds is 10. The summed E-state index contributed by atoms with van der Waals surface area (Å²) >= 11 is 0. The number of hydrogen-bond donors (Lipinski definition) is 1. The molecule has 1 fully saturated rings. The number of carbonyl (C=O) groups excluding carboxylic acids is 2. The second kappa shape index (κ2) is 11.5. The fraction of sp³-hybridized carbons (Fsp3) is 0.286. The Labute approximate surface area is 200 Å². The minimum absolute atomic E-state index is 0.00526. The van der Waals surface area contributed by atoms with E-state index < -0.39 is 0 Å². The summed E-state index contributed by atoms with van der Waals surface area (Å²) in [4.78, 5) is 27.1. The zero-order valence-electron chi connectivity index (χ0n) is 19.4. The van der Waals surface area contributed by atoms with Gasteiger partial charge in [-0.1, -0.05) is 66.7 Å². The first-order chi connectivity index (χ1) is 16.6. The highest BCUT2D eigenvalue weighted by Crippen LogP contribution is 2.22. The molecule has 6 nitrogen and oxygen atoms in total. The molecule has 6 heteroatoms. The number of carbonyl (C=O) groups is 2. The van der Waals surface area contributed by atoms with Gasteiger partial charge in [-0.05, 0) is 34.4 Å². The second-order valence-electron chi connectivity index (χ2n) is 8.49. The molecule has 1 unspecified atom stereocenters. The van der Waals surface area contributed by atoms with Crippen molar-refractivity contribution in [3.8, 4) is 5.75 Å². The van der Waals surface area contributed by atoms with Gasteiger partial charge in [-0.3, -0.25) is 9.59 Å². The lowest BCUT2D eigenvalue weighted by Gasteiger charge is -2.17. The second-order valence-corrected chi connectivity index (χ2v) is 8.49. The molecule has 1 saturated heterocycles. The third kappa shape index (κ3) is 6.23. The van der Waals surface area contributed by atoms with Crippen LogP contribution in [-0.4, -0.2) is 30.4 Å². The van der Waals surface area contributed by atoms with Crippen molar-refractivity contribution in [2.45, 2.75) is 32.7 Å². The number of amides is 2. The maximum atomic E-state index is 12.8. The molecule has 1 atom stereocenters. The summed E-state index contributed by atoms with van der Waals surface area (Å²) in [6.45, 7) is 2.34. The molecule has 0 bridgehead atoms. The summed E-state index contributed by atoms with van der Waals surface area (Å²) in [6.07, 6.45) is 0.240. The lowest BCUT2D eigenvalue weighted by Crippen LogP contribution is -2.32. The molecule has 1 heterocycles. The standard InChI is InChI=1S/C28H30N2O4/c1-33-26-13-11-21(12-14-26)17-30-18-25(15-27(30)31)28(32)29-16-23-9-5-6-10-24(23)20-34-19-22-7-3-2-4-8-22/h2-14,25H,15-20H2,1H3,(H,29,32). The number of nitrogens with zero attached hydrogens (tertiary/aromatic N) is 1. The molecule has 3 aromatic rings. The number of ether oxygens (including phenoxy) is 2. The van der Waals surface area contributed by atoms with E-state index in [-0.39, 0.29) is 24.2 Å². The van der Waals surface area contributed by atoms with Crippen molar-refractivity contribution < 1.29 is 19.1 Å². The van der Waals surface area contributed by atoms with Crippen LogP contribution in [0.4, 0.5) is 0 Å². The summed E-state index contributed by atoms with van der Waals surface area (Å²) in [5, 5.41) is 3.02. The van der Waals surface area contributed by atoms with Crippen LogP contribution in [0, 0.1) is 5.92 Å². The molecule has 4 rings (SSSR count). The molecule has 1 aliphatic heterocycles. The summed E-state index contributed by atoms with van der Waals surface area (Å²) in [7, 11) is 1.62. The fourth-order valence-electron chi connectivity index (χ4n) is 4.10. The normalized spacial score (nSPS) is 15.4. The highest BCUT2D eigenvalue weighted by atomic mass is 16.5. The first-order valence-corrected chi connectivity index (χ1v) is 11.5. The predicted molar refractivity (Wildman–Crippen MR) is 130 cm³/mol. The molecule has 1 aliphatic rings. The van der Waals surface area contributed by atoms with E-state index in [0.717, 1.165) is 28.0 Å². The smallest absolute Gasteiger partial charge is 0.225 e. The van der Waals surface area contributed by atoms with Crippen LogP contribution in [0.5, 0.6) is 5.75 Å². The van der Waals surface area contributed by atoms with E-state index in [2.05, 4.69) is 5.32 Å². The van der Waals surface area contributed by atoms with Gasteiger partial charge in [0.05, 0.1) is 26.2 Å². The lowest BCUT2D eigenvalue weighted by molar-refractivity contribution is -0.129. The van der Waals surface area contributed by atoms with Gasteiger partial charge in [0, 0.05) is 26.1 Å². The third-order valence-corrected chi connectivity index (χ3v) is 6.06. The van der Waals surface area contributed by atoms with E-state index in [1.165, 1.54) is 0 Å². The largest absolute Gasteiger partial charge is 0.497 e. The van der Waals surface area contributed by atoms with Gasteiger partial charge in [-0.2, -0.15) is 0 Å². The van der Waals surface area contributed by atoms with Gasteiger partial charge in [-0.15, -0.1) is 0 Å². The Morgan fingerprint density at radius 3 is 2.35 bits per heavy atom. The van der Waals surface area contributed by atoms with Gasteiger partial charge in [0.1, 0.15) is 5.75 Å². The predicted octanol–water partition coefficient (Wildman–Crippen LogP) is 4.08. The topological polar surface area (TPSA) is 67.9 Å². The van der Waals surface area contributed by atoms with Crippen molar-refractivity contribution in [3.63, 3.8) is 0 Å². The van der Waals surface area contributed by atoms with Crippen LogP contribution in [0.25, 0.3) is 0 Å². The van der Waals surface area contributed by atoms with Gasteiger partial charge >= 0.3 is 0 Å². The van der Waals surface area contributed by atoms with Crippen LogP contribution in [-0.2, 0) is 40.6 Å². The molecule has 1 N–H and O–H groups in total. The average Bonchev–Trinajstić information content (AvgIpc) is 3.24. The fourth-order valence-corrected chi connectivity index (χ4v) is 4.10. The quantitative estimate of drug-likeness (QED) is 0.497. The molecule has 176 valence electrons. The Kier molecular flexibility index (Phi) is 7.94. The molecule has 0 aliphatic carbocycles. The van der Waals surface area contributed by atoms with Crippen molar-refractivity contribution in [1.82, 2.24) is 10.2 Å². The van der Waals surface area contributed by atoms with Crippen LogP contribution in [0.2, 0.25) is 0 Å². The molecule has 0 radical (unpaired) electrons. The molecule has 3 aromatic carbocycles. The van der Waals surface area contributed by atoms with Crippen molar-refractivity contribution in [3.05, 3.63) is 101 Å². The summed E-state index contributed by atoms with van der Waals surface area (Å²) in [5.74, 6) is 0.350. The number of benzene rings is 3. The molecule has 2 amide bonds. The van der Waals surface area contributed by atoms with Crippen LogP contribution in [0.15, 0.2) is 78.9 Å². The van der Waals surface area contributed by atoms with E-state index >= 15 is 0 Å². The van der Waals surface area contributed by atoms with Gasteiger partial charge in [-0.25, -0.2) is 0 Å². The Morgan fingerprint density at radius 1 is 0.912 bits per heavy atom. The maximum absolute atomic E-state index is 12.8. The van der Waals surface area contributed by atoms with E-state index in [1.54, 1.807) is 12.0 Å². The van der Waals surface area contributed by atoms with Gasteiger partial charge in [0.2, 0.25) is 11.8 Å². The summed E-state index contributed by atoms with van der Waals surface area (Å²) < 4.78 is 11.1. The maximum Gasteiger partial charge on any atom is 0.225 e. The zero-order chi connectivity index (χ0) is 23.8. The van der Waals surface area contributed by atoms with Crippen molar-refractivity contribution >= 4 is 11.8 Å². The lowest BCUT2D eigenvalue weighted by atomic mass is 10.1. The SMILES string of the molecule is COc1ccc(CN2CC(C(=O)NCc3ccccc3COCc3ccccc3)CC2=O)cc1. The van der Waals surface area contributed by atoms with E-state index in [1.807, 2.05) is 78.9 Å². The Hall–Kier alpha value is -3.64. The third-order valence-electron chi connectivity index (χ3n) is 6.06. The first-order valence-electron chi connectivity index (χ1n) is 11.5. The minimum Gasteiger partial charge on any atom is -0.497 e. The zero-order valence-corrected chi connectivity index (χ0v) is 19.4. The molecule has 34 heavy (non-hydrogen) atoms. The minimum atomic E-state index is -0.341. The van der Waals surface area contributed by atoms with E-state index in [4.69, 9.17) is 9.47 Å². The number of methoxy groups -OCH3 is 1. The number of hydrogen-bond acceptors (Lipinski definition) is 4. The highest BCUT2D eigenvalue weighted by Gasteiger charge is 2.34. The average molecular weight is 459 g/mol. The summed E-state index contributed by atoms with van der Waals surface area (Å²) in [6, 6.07) is 25.6. The monoisotopic (exact) mass is 458 g/mol. The first kappa shape index (κ1) is 23.5. The van der Waals surface area contributed by atoms with Gasteiger partial charge in [0.25, 0.3) is 0 Å². The number of likely N-dealkylation sites (tertiary alicyclic amines) is 1. The molecular formula is C28H30N2O4. The Balaban J connectivity index is 1.27. The Bertz CT molecular complexity index is 1100. The molecule has 0 spiro atoms. The van der Waals surface area contributed by atoms with Crippen molar-refractivity contribution in [1.29, 1.82) is 0 Å². The number of nitrogens with one attached hydrogen (secondary N) is 1. The summed E-state index contributed by atoms with van der Waals surface area (Å²) in [5.41, 5.74) is 4.20. The van der Waals surface area contributed by atoms with Crippen LogP contribution >= 0.6 is 0 Å². The van der Waals surface area contributed by atoms with Crippen LogP contribution < -0.4 is 10.1 Å². The van der Waals surface area contributed by atoms with Crippen molar-refractivity contribution in [2.75, 3.05) is 13.7 Å². The van der Waals surface area contributed by atoms with Crippen molar-refractivity contribution in [2.24, 2.45) is 5.92 Å². The van der Waals surface area contributed by atoms with Gasteiger partial charge < -0.3 is 19.7 Å². The molecule has 0 saturated carbocycles. The molecule has 0 aromatic heterocycles.